The maximum atomic E-state index is 9.32. The third kappa shape index (κ3) is 3.14. The maximum Gasteiger partial charge on any atom is 0.0587 e. The van der Waals surface area contributed by atoms with Crippen LogP contribution in [0.25, 0.3) is 0 Å². The van der Waals surface area contributed by atoms with Gasteiger partial charge >= 0.3 is 0 Å². The predicted octanol–water partition coefficient (Wildman–Crippen LogP) is 3.30. The van der Waals surface area contributed by atoms with Crippen LogP contribution in [0.4, 0.5) is 0 Å². The van der Waals surface area contributed by atoms with Crippen LogP contribution in [0.3, 0.4) is 0 Å². The monoisotopic (exact) mass is 311 g/mol. The van der Waals surface area contributed by atoms with Gasteiger partial charge in [-0.3, -0.25) is 0 Å². The van der Waals surface area contributed by atoms with Gasteiger partial charge in [0.25, 0.3) is 0 Å². The molecule has 1 aliphatic carbocycles. The molecular formula is C15H22BrNO. The van der Waals surface area contributed by atoms with Crippen molar-refractivity contribution in [1.29, 1.82) is 0 Å². The van der Waals surface area contributed by atoms with Crippen LogP contribution in [0.2, 0.25) is 0 Å². The van der Waals surface area contributed by atoms with Crippen molar-refractivity contribution in [3.05, 3.63) is 34.3 Å². The number of hydrogen-bond acceptors (Lipinski definition) is 2. The number of aliphatic hydroxyl groups excluding tert-OH is 1. The number of aliphatic hydroxyl groups is 1. The van der Waals surface area contributed by atoms with Gasteiger partial charge in [0.2, 0.25) is 0 Å². The van der Waals surface area contributed by atoms with Crippen molar-refractivity contribution in [2.45, 2.75) is 44.7 Å². The molecule has 1 aromatic carbocycles. The minimum Gasteiger partial charge on any atom is -0.395 e. The fraction of sp³-hybridized carbons (Fsp3) is 0.600. The van der Waals surface area contributed by atoms with E-state index in [1.165, 1.54) is 22.9 Å². The zero-order valence-corrected chi connectivity index (χ0v) is 12.7. The van der Waals surface area contributed by atoms with Gasteiger partial charge in [0, 0.05) is 16.6 Å². The molecule has 2 rings (SSSR count). The summed E-state index contributed by atoms with van der Waals surface area (Å²) in [7, 11) is 0. The van der Waals surface area contributed by atoms with E-state index in [-0.39, 0.29) is 12.6 Å². The van der Waals surface area contributed by atoms with Crippen molar-refractivity contribution in [3.8, 4) is 0 Å². The highest BCUT2D eigenvalue weighted by Gasteiger charge is 2.32. The molecule has 0 bridgehead atoms. The van der Waals surface area contributed by atoms with E-state index in [1.807, 2.05) is 0 Å². The predicted molar refractivity (Wildman–Crippen MR) is 78.8 cm³/mol. The fourth-order valence-corrected chi connectivity index (χ4v) is 3.18. The zero-order chi connectivity index (χ0) is 13.1. The van der Waals surface area contributed by atoms with Crippen LogP contribution in [0.5, 0.6) is 0 Å². The van der Waals surface area contributed by atoms with Crippen LogP contribution in [-0.4, -0.2) is 23.8 Å². The second-order valence-corrected chi connectivity index (χ2v) is 6.44. The Hall–Kier alpha value is -0.380. The molecule has 0 aromatic heterocycles. The zero-order valence-electron chi connectivity index (χ0n) is 11.1. The minimum absolute atomic E-state index is 0.230. The number of benzene rings is 1. The smallest absolute Gasteiger partial charge is 0.0587 e. The molecule has 100 valence electrons. The van der Waals surface area contributed by atoms with Crippen molar-refractivity contribution in [2.24, 2.45) is 5.92 Å². The van der Waals surface area contributed by atoms with Gasteiger partial charge in [0.1, 0.15) is 0 Å². The first kappa shape index (κ1) is 14.0. The van der Waals surface area contributed by atoms with E-state index in [9.17, 15) is 5.11 Å². The molecule has 1 fully saturated rings. The topological polar surface area (TPSA) is 32.3 Å². The van der Waals surface area contributed by atoms with Crippen molar-refractivity contribution < 1.29 is 5.11 Å². The summed E-state index contributed by atoms with van der Waals surface area (Å²) in [5.41, 5.74) is 1.42. The van der Waals surface area contributed by atoms with Crippen molar-refractivity contribution in [3.63, 3.8) is 0 Å². The molecule has 1 aromatic rings. The van der Waals surface area contributed by atoms with Crippen LogP contribution >= 0.6 is 15.9 Å². The van der Waals surface area contributed by atoms with Crippen molar-refractivity contribution >= 4 is 15.9 Å². The molecule has 3 heteroatoms. The highest BCUT2D eigenvalue weighted by Crippen LogP contribution is 2.40. The van der Waals surface area contributed by atoms with Crippen LogP contribution < -0.4 is 5.32 Å². The molecule has 1 saturated carbocycles. The molecule has 18 heavy (non-hydrogen) atoms. The van der Waals surface area contributed by atoms with Gasteiger partial charge in [-0.1, -0.05) is 48.0 Å². The molecule has 0 spiro atoms. The summed E-state index contributed by atoms with van der Waals surface area (Å²) in [4.78, 5) is 0. The summed E-state index contributed by atoms with van der Waals surface area (Å²) in [6.45, 7) is 4.53. The Bertz CT molecular complexity index is 388. The highest BCUT2D eigenvalue weighted by atomic mass is 79.9. The van der Waals surface area contributed by atoms with Crippen molar-refractivity contribution in [1.82, 2.24) is 5.32 Å². The molecule has 0 aliphatic heterocycles. The first-order chi connectivity index (χ1) is 8.61. The van der Waals surface area contributed by atoms with E-state index in [0.717, 1.165) is 0 Å². The average Bonchev–Trinajstić information content (AvgIpc) is 2.29. The lowest BCUT2D eigenvalue weighted by atomic mass is 9.75. The summed E-state index contributed by atoms with van der Waals surface area (Å²) in [5, 5.41) is 12.9. The molecule has 0 heterocycles. The Balaban J connectivity index is 1.86. The lowest BCUT2D eigenvalue weighted by Crippen LogP contribution is -2.49. The molecule has 2 N–H and O–H groups in total. The molecule has 0 amide bonds. The normalized spacial score (nSPS) is 24.9. The van der Waals surface area contributed by atoms with E-state index in [4.69, 9.17) is 0 Å². The van der Waals surface area contributed by atoms with Gasteiger partial charge in [0.15, 0.2) is 0 Å². The largest absolute Gasteiger partial charge is 0.395 e. The molecular weight excluding hydrogens is 290 g/mol. The molecule has 1 unspecified atom stereocenters. The van der Waals surface area contributed by atoms with Gasteiger partial charge < -0.3 is 10.4 Å². The van der Waals surface area contributed by atoms with Crippen molar-refractivity contribution in [2.75, 3.05) is 6.61 Å². The number of nitrogens with one attached hydrogen (secondary N) is 1. The molecule has 2 nitrogen and oxygen atoms in total. The second kappa shape index (κ2) is 6.18. The summed E-state index contributed by atoms with van der Waals surface area (Å²) in [5.74, 6) is 1.14. The number of halogens is 1. The Kier molecular flexibility index (Phi) is 4.82. The minimum atomic E-state index is 0.230. The number of hydrogen-bond donors (Lipinski definition) is 2. The van der Waals surface area contributed by atoms with Crippen LogP contribution in [-0.2, 0) is 0 Å². The molecule has 0 saturated heterocycles. The second-order valence-electron chi connectivity index (χ2n) is 5.59. The van der Waals surface area contributed by atoms with E-state index in [1.54, 1.807) is 0 Å². The van der Waals surface area contributed by atoms with Gasteiger partial charge in [-0.2, -0.15) is 0 Å². The molecule has 1 aliphatic rings. The summed E-state index contributed by atoms with van der Waals surface area (Å²) in [6, 6.07) is 9.27. The SMILES string of the molecule is CC(C)C(CO)NC1CC(c2ccccc2Br)C1. The first-order valence-corrected chi connectivity index (χ1v) is 7.52. The van der Waals surface area contributed by atoms with E-state index in [2.05, 4.69) is 59.4 Å². The third-order valence-corrected chi connectivity index (χ3v) is 4.66. The molecule has 0 radical (unpaired) electrons. The molecule has 1 atom stereocenters. The van der Waals surface area contributed by atoms with E-state index in [0.29, 0.717) is 17.9 Å². The lowest BCUT2D eigenvalue weighted by Gasteiger charge is -2.39. The maximum absolute atomic E-state index is 9.32. The third-order valence-electron chi connectivity index (χ3n) is 3.93. The highest BCUT2D eigenvalue weighted by molar-refractivity contribution is 9.10. The lowest BCUT2D eigenvalue weighted by molar-refractivity contribution is 0.169. The fourth-order valence-electron chi connectivity index (χ4n) is 2.57. The Morgan fingerprint density at radius 2 is 2.00 bits per heavy atom. The standard InChI is InChI=1S/C15H22BrNO/c1-10(2)15(9-18)17-12-7-11(8-12)13-5-3-4-6-14(13)16/h3-6,10-12,15,17-18H,7-9H2,1-2H3. The van der Waals surface area contributed by atoms with Gasteiger partial charge in [0.05, 0.1) is 6.61 Å². The van der Waals surface area contributed by atoms with Gasteiger partial charge in [-0.15, -0.1) is 0 Å². The summed E-state index contributed by atoms with van der Waals surface area (Å²) in [6.07, 6.45) is 2.34. The van der Waals surface area contributed by atoms with E-state index >= 15 is 0 Å². The van der Waals surface area contributed by atoms with Gasteiger partial charge in [-0.25, -0.2) is 0 Å². The Labute approximate surface area is 118 Å². The van der Waals surface area contributed by atoms with Crippen LogP contribution in [0.15, 0.2) is 28.7 Å². The van der Waals surface area contributed by atoms with Crippen LogP contribution in [0.1, 0.15) is 38.2 Å². The van der Waals surface area contributed by atoms with Gasteiger partial charge in [-0.05, 0) is 36.3 Å². The summed E-state index contributed by atoms with van der Waals surface area (Å²) >= 11 is 3.62. The Morgan fingerprint density at radius 3 is 2.56 bits per heavy atom. The number of rotatable bonds is 5. The summed E-state index contributed by atoms with van der Waals surface area (Å²) < 4.78 is 1.22. The Morgan fingerprint density at radius 1 is 1.33 bits per heavy atom. The van der Waals surface area contributed by atoms with E-state index < -0.39 is 0 Å². The quantitative estimate of drug-likeness (QED) is 0.874. The average molecular weight is 312 g/mol. The van der Waals surface area contributed by atoms with Crippen LogP contribution in [0, 0.1) is 5.92 Å². The first-order valence-electron chi connectivity index (χ1n) is 6.73.